The number of hydrogen-bond acceptors (Lipinski definition) is 9. The number of aromatic nitrogens is 1. The van der Waals surface area contributed by atoms with E-state index in [-0.39, 0.29) is 5.91 Å². The van der Waals surface area contributed by atoms with Gasteiger partial charge < -0.3 is 34.7 Å². The van der Waals surface area contributed by atoms with Gasteiger partial charge in [-0.3, -0.25) is 14.7 Å². The largest absolute Gasteiger partial charge is 0.490 e. The first-order valence-corrected chi connectivity index (χ1v) is 12.7. The quantitative estimate of drug-likeness (QED) is 0.218. The first-order chi connectivity index (χ1) is 17.1. The number of carbonyl (C=O) groups is 1. The van der Waals surface area contributed by atoms with Gasteiger partial charge in [0.2, 0.25) is 5.91 Å². The van der Waals surface area contributed by atoms with Crippen molar-refractivity contribution < 1.29 is 28.5 Å². The predicted octanol–water partition coefficient (Wildman–Crippen LogP) is 1.78. The van der Waals surface area contributed by atoms with E-state index in [1.54, 1.807) is 6.20 Å². The van der Waals surface area contributed by atoms with Crippen LogP contribution in [0, 0.1) is 0 Å². The molecule has 0 spiro atoms. The van der Waals surface area contributed by atoms with Crippen molar-refractivity contribution in [1.29, 1.82) is 0 Å². The summed E-state index contributed by atoms with van der Waals surface area (Å²) in [5.74, 6) is 0.646. The van der Waals surface area contributed by atoms with Crippen molar-refractivity contribution in [3.63, 3.8) is 0 Å². The molecule has 202 valence electrons. The van der Waals surface area contributed by atoms with Crippen LogP contribution >= 0.6 is 0 Å². The molecule has 10 nitrogen and oxygen atoms in total. The van der Waals surface area contributed by atoms with E-state index in [0.29, 0.717) is 90.8 Å². The van der Waals surface area contributed by atoms with Crippen LogP contribution < -0.4 is 15.8 Å². The summed E-state index contributed by atoms with van der Waals surface area (Å²) in [7, 11) is 2.14. The lowest BCUT2D eigenvalue weighted by Gasteiger charge is -2.27. The van der Waals surface area contributed by atoms with E-state index in [1.807, 2.05) is 12.3 Å². The molecular formula is C25H46N4O6. The molecule has 10 heteroatoms. The molecule has 0 saturated carbocycles. The first-order valence-electron chi connectivity index (χ1n) is 12.7. The topological polar surface area (TPSA) is 117 Å². The Morgan fingerprint density at radius 1 is 0.971 bits per heavy atom. The average Bonchev–Trinajstić information content (AvgIpc) is 2.85. The zero-order chi connectivity index (χ0) is 25.6. The Kier molecular flexibility index (Phi) is 19.1. The Balaban J connectivity index is 2.05. The molecule has 1 amide bonds. The van der Waals surface area contributed by atoms with E-state index >= 15 is 0 Å². The number of nitrogens with two attached hydrogens (primary N) is 1. The Labute approximate surface area is 210 Å². The highest BCUT2D eigenvalue weighted by Crippen LogP contribution is 2.25. The molecule has 0 aromatic carbocycles. The maximum absolute atomic E-state index is 11.9. The van der Waals surface area contributed by atoms with Gasteiger partial charge in [-0.1, -0.05) is 13.8 Å². The molecule has 0 aliphatic rings. The van der Waals surface area contributed by atoms with Crippen LogP contribution in [0.3, 0.4) is 0 Å². The Hall–Kier alpha value is -1.82. The van der Waals surface area contributed by atoms with E-state index in [1.165, 1.54) is 0 Å². The molecule has 0 fully saturated rings. The van der Waals surface area contributed by atoms with Crippen molar-refractivity contribution in [3.8, 4) is 5.75 Å². The van der Waals surface area contributed by atoms with Crippen molar-refractivity contribution in [1.82, 2.24) is 15.2 Å². The van der Waals surface area contributed by atoms with Crippen molar-refractivity contribution in [2.24, 2.45) is 5.73 Å². The molecule has 1 heterocycles. The zero-order valence-corrected chi connectivity index (χ0v) is 21.8. The maximum atomic E-state index is 11.9. The van der Waals surface area contributed by atoms with Gasteiger partial charge in [0.15, 0.2) is 0 Å². The predicted molar refractivity (Wildman–Crippen MR) is 136 cm³/mol. The number of hydrogen-bond donors (Lipinski definition) is 2. The summed E-state index contributed by atoms with van der Waals surface area (Å²) < 4.78 is 27.2. The van der Waals surface area contributed by atoms with Gasteiger partial charge in [0.05, 0.1) is 65.6 Å². The van der Waals surface area contributed by atoms with E-state index in [2.05, 4.69) is 36.1 Å². The number of rotatable bonds is 23. The van der Waals surface area contributed by atoms with Crippen LogP contribution in [-0.2, 0) is 23.7 Å². The highest BCUT2D eigenvalue weighted by Gasteiger charge is 2.15. The maximum Gasteiger partial charge on any atom is 0.222 e. The molecular weight excluding hydrogens is 452 g/mol. The molecule has 0 aliphatic heterocycles. The summed E-state index contributed by atoms with van der Waals surface area (Å²) in [4.78, 5) is 18.6. The summed E-state index contributed by atoms with van der Waals surface area (Å²) in [5, 5.41) is 2.84. The fraction of sp³-hybridized carbons (Fsp3) is 0.760. The highest BCUT2D eigenvalue weighted by atomic mass is 16.6. The van der Waals surface area contributed by atoms with E-state index < -0.39 is 0 Å². The summed E-state index contributed by atoms with van der Waals surface area (Å²) in [6, 6.07) is 2.35. The summed E-state index contributed by atoms with van der Waals surface area (Å²) in [6.07, 6.45) is 6.02. The number of amides is 1. The Bertz CT molecular complexity index is 652. The molecule has 1 aromatic rings. The fourth-order valence-electron chi connectivity index (χ4n) is 3.46. The minimum absolute atomic E-state index is 0.0705. The second kappa shape index (κ2) is 21.5. The van der Waals surface area contributed by atoms with Crippen molar-refractivity contribution >= 4 is 5.91 Å². The van der Waals surface area contributed by atoms with Gasteiger partial charge in [-0.25, -0.2) is 0 Å². The Morgan fingerprint density at radius 2 is 1.60 bits per heavy atom. The van der Waals surface area contributed by atoms with Gasteiger partial charge in [0.1, 0.15) is 12.4 Å². The van der Waals surface area contributed by atoms with Gasteiger partial charge in [0.25, 0.3) is 0 Å². The van der Waals surface area contributed by atoms with Gasteiger partial charge in [-0.05, 0) is 38.1 Å². The summed E-state index contributed by atoms with van der Waals surface area (Å²) in [6.45, 7) is 10.6. The Morgan fingerprint density at radius 3 is 2.20 bits per heavy atom. The molecule has 1 aromatic heterocycles. The van der Waals surface area contributed by atoms with E-state index in [4.69, 9.17) is 29.4 Å². The van der Waals surface area contributed by atoms with Crippen molar-refractivity contribution in [2.75, 3.05) is 86.1 Å². The molecule has 0 bridgehead atoms. The zero-order valence-electron chi connectivity index (χ0n) is 21.8. The van der Waals surface area contributed by atoms with Gasteiger partial charge in [0, 0.05) is 25.2 Å². The molecule has 35 heavy (non-hydrogen) atoms. The van der Waals surface area contributed by atoms with Crippen LogP contribution in [0.25, 0.3) is 0 Å². The number of nitrogens with one attached hydrogen (secondary N) is 1. The van der Waals surface area contributed by atoms with Crippen LogP contribution in [0.1, 0.15) is 44.7 Å². The van der Waals surface area contributed by atoms with Crippen molar-refractivity contribution in [3.05, 3.63) is 24.0 Å². The van der Waals surface area contributed by atoms with Crippen LogP contribution in [0.4, 0.5) is 0 Å². The lowest BCUT2D eigenvalue weighted by molar-refractivity contribution is -0.122. The number of ether oxygens (including phenoxy) is 5. The molecule has 0 saturated heterocycles. The van der Waals surface area contributed by atoms with Gasteiger partial charge in [-0.15, -0.1) is 0 Å². The van der Waals surface area contributed by atoms with Crippen LogP contribution in [0.2, 0.25) is 0 Å². The van der Waals surface area contributed by atoms with Gasteiger partial charge >= 0.3 is 0 Å². The van der Waals surface area contributed by atoms with Crippen LogP contribution in [-0.4, -0.2) is 102 Å². The average molecular weight is 499 g/mol. The molecule has 0 radical (unpaired) electrons. The van der Waals surface area contributed by atoms with Crippen LogP contribution in [0.5, 0.6) is 5.75 Å². The third kappa shape index (κ3) is 15.7. The van der Waals surface area contributed by atoms with E-state index in [0.717, 1.165) is 24.9 Å². The monoisotopic (exact) mass is 498 g/mol. The second-order valence-electron chi connectivity index (χ2n) is 8.05. The van der Waals surface area contributed by atoms with Crippen molar-refractivity contribution in [2.45, 2.75) is 39.2 Å². The smallest absolute Gasteiger partial charge is 0.222 e. The minimum Gasteiger partial charge on any atom is -0.490 e. The number of pyridine rings is 1. The summed E-state index contributed by atoms with van der Waals surface area (Å²) >= 11 is 0. The standard InChI is InChI=1S/C25H46N4O6/c1-4-9-29(3)24(5-2)22-19-23(21-27-20-22)35-12-8-28-25(30)6-10-31-13-15-33-17-18-34-16-14-32-11-7-26/h19-21,24H,4-18,26H2,1-3H3,(H,28,30)/t24-/m0/s1. The van der Waals surface area contributed by atoms with Gasteiger partial charge in [-0.2, -0.15) is 0 Å². The summed E-state index contributed by atoms with van der Waals surface area (Å²) in [5.41, 5.74) is 6.47. The second-order valence-corrected chi connectivity index (χ2v) is 8.05. The first kappa shape index (κ1) is 31.2. The fourth-order valence-corrected chi connectivity index (χ4v) is 3.46. The third-order valence-corrected chi connectivity index (χ3v) is 5.16. The third-order valence-electron chi connectivity index (χ3n) is 5.16. The number of nitrogens with zero attached hydrogens (tertiary/aromatic N) is 2. The van der Waals surface area contributed by atoms with E-state index in [9.17, 15) is 4.79 Å². The molecule has 1 atom stereocenters. The molecule has 3 N–H and O–H groups in total. The lowest BCUT2D eigenvalue weighted by Crippen LogP contribution is -2.29. The molecule has 1 rings (SSSR count). The van der Waals surface area contributed by atoms with Crippen LogP contribution in [0.15, 0.2) is 18.5 Å². The minimum atomic E-state index is -0.0705. The lowest BCUT2D eigenvalue weighted by atomic mass is 10.1. The highest BCUT2D eigenvalue weighted by molar-refractivity contribution is 5.75. The SMILES string of the molecule is CCCN(C)[C@@H](CC)c1cncc(OCCNC(=O)CCOCCOCCOCCOCCN)c1. The molecule has 0 aliphatic carbocycles. The normalized spacial score (nSPS) is 12.1. The molecule has 0 unspecified atom stereocenters. The number of carbonyl (C=O) groups excluding carboxylic acids is 1.